The molecule has 0 unspecified atom stereocenters. The Labute approximate surface area is 220 Å². The summed E-state index contributed by atoms with van der Waals surface area (Å²) < 4.78 is 42.9. The van der Waals surface area contributed by atoms with Crippen LogP contribution in [0, 0.1) is 10.1 Å². The number of piperidine rings is 1. The van der Waals surface area contributed by atoms with Crippen molar-refractivity contribution in [1.29, 1.82) is 0 Å². The van der Waals surface area contributed by atoms with E-state index in [-0.39, 0.29) is 18.1 Å². The van der Waals surface area contributed by atoms with Gasteiger partial charge in [0.1, 0.15) is 11.9 Å². The number of imidazole rings is 1. The van der Waals surface area contributed by atoms with Gasteiger partial charge in [0.2, 0.25) is 0 Å². The number of halogens is 4. The molecular weight excluding hydrogens is 561 g/mol. The third kappa shape index (κ3) is 7.55. The van der Waals surface area contributed by atoms with Crippen LogP contribution in [0.3, 0.4) is 0 Å². The third-order valence-electron chi connectivity index (χ3n) is 6.80. The molecule has 0 bridgehead atoms. The smallest absolute Gasteiger partial charge is 0.406 e. The SMILES string of the molecule is C[C@](O)(CN1CCN(C2CCN(c3ccc(OC(F)(F)F)cc3)CC2)CC1)Cn1cc([N+](=O)[O-])nc1Br. The summed E-state index contributed by atoms with van der Waals surface area (Å²) in [6.45, 7) is 7.35. The zero-order valence-electron chi connectivity index (χ0n) is 20.4. The Hall–Kier alpha value is -2.42. The number of nitrogens with zero attached hydrogens (tertiary/aromatic N) is 6. The fourth-order valence-electron chi connectivity index (χ4n) is 5.11. The lowest BCUT2D eigenvalue weighted by Crippen LogP contribution is -2.56. The first-order valence-corrected chi connectivity index (χ1v) is 12.8. The van der Waals surface area contributed by atoms with E-state index in [0.717, 1.165) is 57.8 Å². The van der Waals surface area contributed by atoms with Crippen molar-refractivity contribution in [2.24, 2.45) is 0 Å². The van der Waals surface area contributed by atoms with Gasteiger partial charge in [0.15, 0.2) is 0 Å². The van der Waals surface area contributed by atoms with Crippen LogP contribution < -0.4 is 9.64 Å². The fraction of sp³-hybridized carbons (Fsp3) is 0.609. The summed E-state index contributed by atoms with van der Waals surface area (Å²) in [5, 5.41) is 21.9. The predicted octanol–water partition coefficient (Wildman–Crippen LogP) is 3.49. The molecule has 0 aliphatic carbocycles. The molecule has 14 heteroatoms. The molecule has 37 heavy (non-hydrogen) atoms. The second-order valence-electron chi connectivity index (χ2n) is 9.82. The monoisotopic (exact) mass is 590 g/mol. The second-order valence-corrected chi connectivity index (χ2v) is 10.5. The fourth-order valence-corrected chi connectivity index (χ4v) is 5.52. The Balaban J connectivity index is 1.22. The number of hydrogen-bond acceptors (Lipinski definition) is 8. The van der Waals surface area contributed by atoms with Crippen molar-refractivity contribution in [2.45, 2.75) is 44.3 Å². The molecule has 4 rings (SSSR count). The molecule has 0 amide bonds. The van der Waals surface area contributed by atoms with Crippen LogP contribution in [0.15, 0.2) is 35.2 Å². The van der Waals surface area contributed by atoms with Crippen molar-refractivity contribution in [2.75, 3.05) is 50.7 Å². The zero-order chi connectivity index (χ0) is 26.8. The molecule has 1 aromatic heterocycles. The van der Waals surface area contributed by atoms with Crippen molar-refractivity contribution < 1.29 is 27.9 Å². The number of aliphatic hydroxyl groups is 1. The highest BCUT2D eigenvalue weighted by Gasteiger charge is 2.33. The van der Waals surface area contributed by atoms with Crippen LogP contribution in [0.2, 0.25) is 0 Å². The molecule has 10 nitrogen and oxygen atoms in total. The standard InChI is InChI=1S/C23H30BrF3N6O4/c1-22(34,16-32-14-20(33(35)36)28-21(32)24)15-29-10-12-31(13-11-29)18-6-8-30(9-7-18)17-2-4-19(5-3-17)37-23(25,26)27/h2-5,14,18,34H,6-13,15-16H2,1H3/t22-/m0/s1. The highest BCUT2D eigenvalue weighted by atomic mass is 79.9. The molecule has 0 radical (unpaired) electrons. The Kier molecular flexibility index (Phi) is 8.31. The number of ether oxygens (including phenoxy) is 1. The zero-order valence-corrected chi connectivity index (χ0v) is 22.0. The molecule has 2 aromatic rings. The van der Waals surface area contributed by atoms with E-state index in [9.17, 15) is 28.4 Å². The molecule has 2 aliphatic rings. The molecule has 2 saturated heterocycles. The molecule has 204 valence electrons. The molecule has 1 N–H and O–H groups in total. The average Bonchev–Trinajstić information content (AvgIpc) is 3.19. The minimum atomic E-state index is -4.69. The van der Waals surface area contributed by atoms with Crippen LogP contribution in [0.1, 0.15) is 19.8 Å². The van der Waals surface area contributed by atoms with Gasteiger partial charge in [0.05, 0.1) is 12.1 Å². The van der Waals surface area contributed by atoms with Gasteiger partial charge in [-0.2, -0.15) is 0 Å². The van der Waals surface area contributed by atoms with E-state index in [1.54, 1.807) is 23.6 Å². The second kappa shape index (κ2) is 11.1. The van der Waals surface area contributed by atoms with Crippen LogP contribution in [-0.2, 0) is 6.54 Å². The summed E-state index contributed by atoms with van der Waals surface area (Å²) in [5.41, 5.74) is -0.208. The average molecular weight is 591 g/mol. The summed E-state index contributed by atoms with van der Waals surface area (Å²) in [5.74, 6) is -0.489. The number of benzene rings is 1. The molecular formula is C23H30BrF3N6O4. The lowest BCUT2D eigenvalue weighted by atomic mass is 10.0. The third-order valence-corrected chi connectivity index (χ3v) is 7.43. The van der Waals surface area contributed by atoms with Gasteiger partial charge in [0, 0.05) is 73.5 Å². The van der Waals surface area contributed by atoms with Gasteiger partial charge in [-0.15, -0.1) is 13.2 Å². The first-order valence-electron chi connectivity index (χ1n) is 12.1. The van der Waals surface area contributed by atoms with Crippen molar-refractivity contribution in [1.82, 2.24) is 19.4 Å². The molecule has 2 fully saturated rings. The Morgan fingerprint density at radius 3 is 2.27 bits per heavy atom. The Morgan fingerprint density at radius 2 is 1.73 bits per heavy atom. The van der Waals surface area contributed by atoms with Gasteiger partial charge in [-0.25, -0.2) is 0 Å². The van der Waals surface area contributed by atoms with Crippen molar-refractivity contribution in [3.63, 3.8) is 0 Å². The van der Waals surface area contributed by atoms with Gasteiger partial charge in [-0.1, -0.05) is 0 Å². The number of rotatable bonds is 8. The van der Waals surface area contributed by atoms with E-state index in [2.05, 4.69) is 40.4 Å². The van der Waals surface area contributed by atoms with E-state index >= 15 is 0 Å². The van der Waals surface area contributed by atoms with Crippen LogP contribution in [0.4, 0.5) is 24.7 Å². The number of alkyl halides is 3. The van der Waals surface area contributed by atoms with E-state index in [4.69, 9.17) is 0 Å². The lowest BCUT2D eigenvalue weighted by molar-refractivity contribution is -0.389. The summed E-state index contributed by atoms with van der Waals surface area (Å²) in [6, 6.07) is 6.44. The van der Waals surface area contributed by atoms with Crippen LogP contribution in [0.5, 0.6) is 5.75 Å². The summed E-state index contributed by atoms with van der Waals surface area (Å²) in [6.07, 6.45) is -1.45. The van der Waals surface area contributed by atoms with Crippen LogP contribution in [-0.4, -0.2) is 93.2 Å². The number of nitro groups is 1. The maximum atomic E-state index is 12.4. The Morgan fingerprint density at radius 1 is 1.11 bits per heavy atom. The molecule has 0 saturated carbocycles. The van der Waals surface area contributed by atoms with Crippen molar-refractivity contribution >= 4 is 27.4 Å². The van der Waals surface area contributed by atoms with Gasteiger partial charge in [0.25, 0.3) is 4.73 Å². The largest absolute Gasteiger partial charge is 0.573 e. The minimum absolute atomic E-state index is 0.177. The normalized spacial score (nSPS) is 20.1. The van der Waals surface area contributed by atoms with Crippen molar-refractivity contribution in [3.8, 4) is 5.75 Å². The van der Waals surface area contributed by atoms with Gasteiger partial charge in [-0.3, -0.25) is 14.4 Å². The van der Waals surface area contributed by atoms with Gasteiger partial charge in [-0.05, 0) is 53.9 Å². The maximum absolute atomic E-state index is 12.4. The summed E-state index contributed by atoms with van der Waals surface area (Å²) in [4.78, 5) is 21.1. The first-order chi connectivity index (χ1) is 17.4. The lowest BCUT2D eigenvalue weighted by Gasteiger charge is -2.44. The van der Waals surface area contributed by atoms with E-state index in [0.29, 0.717) is 17.3 Å². The highest BCUT2D eigenvalue weighted by Crippen LogP contribution is 2.28. The molecule has 3 heterocycles. The highest BCUT2D eigenvalue weighted by molar-refractivity contribution is 9.10. The Bertz CT molecular complexity index is 1070. The van der Waals surface area contributed by atoms with E-state index < -0.39 is 16.9 Å². The maximum Gasteiger partial charge on any atom is 0.573 e. The number of aromatic nitrogens is 2. The number of piperazine rings is 1. The number of hydrogen-bond donors (Lipinski definition) is 1. The summed E-state index contributed by atoms with van der Waals surface area (Å²) >= 11 is 3.21. The molecule has 1 atom stereocenters. The molecule has 0 spiro atoms. The topological polar surface area (TPSA) is 100 Å². The summed E-state index contributed by atoms with van der Waals surface area (Å²) in [7, 11) is 0. The van der Waals surface area contributed by atoms with E-state index in [1.807, 2.05) is 0 Å². The number of β-amino-alcohol motifs (C(OH)–C–C–N with tert-alkyl or cyclic N) is 1. The molecule has 1 aromatic carbocycles. The van der Waals surface area contributed by atoms with E-state index in [1.165, 1.54) is 18.3 Å². The van der Waals surface area contributed by atoms with Crippen LogP contribution >= 0.6 is 15.9 Å². The van der Waals surface area contributed by atoms with Crippen LogP contribution in [0.25, 0.3) is 0 Å². The van der Waals surface area contributed by atoms with Gasteiger partial charge >= 0.3 is 12.2 Å². The quantitative estimate of drug-likeness (QED) is 0.368. The van der Waals surface area contributed by atoms with Gasteiger partial charge < -0.3 is 24.9 Å². The predicted molar refractivity (Wildman–Crippen MR) is 134 cm³/mol. The van der Waals surface area contributed by atoms with Crippen molar-refractivity contribution in [3.05, 3.63) is 45.3 Å². The number of anilines is 1. The molecule has 2 aliphatic heterocycles. The first kappa shape index (κ1) is 27.6. The minimum Gasteiger partial charge on any atom is -0.406 e.